The van der Waals surface area contributed by atoms with Gasteiger partial charge in [-0.15, -0.1) is 0 Å². The highest BCUT2D eigenvalue weighted by atomic mass is 35.5. The van der Waals surface area contributed by atoms with Crippen molar-refractivity contribution in [2.24, 2.45) is 5.92 Å². The van der Waals surface area contributed by atoms with Gasteiger partial charge in [0.2, 0.25) is 0 Å². The Morgan fingerprint density at radius 3 is 3.00 bits per heavy atom. The van der Waals surface area contributed by atoms with Crippen molar-refractivity contribution in [1.29, 1.82) is 0 Å². The average molecular weight is 282 g/mol. The van der Waals surface area contributed by atoms with Crippen molar-refractivity contribution in [1.82, 2.24) is 9.88 Å². The van der Waals surface area contributed by atoms with E-state index in [4.69, 9.17) is 11.6 Å². The SMILES string of the molecule is CCNc1ccc(Cl)c(CN2CCCC(C)CC2)n1. The summed E-state index contributed by atoms with van der Waals surface area (Å²) in [6.45, 7) is 8.49. The van der Waals surface area contributed by atoms with Gasteiger partial charge in [-0.3, -0.25) is 4.90 Å². The number of aromatic nitrogens is 1. The van der Waals surface area contributed by atoms with Crippen LogP contribution in [0.4, 0.5) is 5.82 Å². The molecule has 1 aromatic rings. The fourth-order valence-electron chi connectivity index (χ4n) is 2.57. The summed E-state index contributed by atoms with van der Waals surface area (Å²) >= 11 is 6.27. The molecule has 1 atom stereocenters. The third kappa shape index (κ3) is 4.36. The van der Waals surface area contributed by atoms with E-state index < -0.39 is 0 Å². The average Bonchev–Trinajstić information content (AvgIpc) is 2.59. The maximum absolute atomic E-state index is 6.27. The molecule has 106 valence electrons. The van der Waals surface area contributed by atoms with E-state index in [-0.39, 0.29) is 0 Å². The lowest BCUT2D eigenvalue weighted by molar-refractivity contribution is 0.270. The molecule has 1 N–H and O–H groups in total. The molecule has 0 aromatic carbocycles. The Morgan fingerprint density at radius 2 is 2.21 bits per heavy atom. The number of hydrogen-bond acceptors (Lipinski definition) is 3. The van der Waals surface area contributed by atoms with Crippen LogP contribution in [0.2, 0.25) is 5.02 Å². The minimum absolute atomic E-state index is 0.777. The summed E-state index contributed by atoms with van der Waals surface area (Å²) in [6, 6.07) is 3.89. The van der Waals surface area contributed by atoms with Crippen molar-refractivity contribution in [2.45, 2.75) is 39.7 Å². The van der Waals surface area contributed by atoms with Crippen LogP contribution in [-0.2, 0) is 6.54 Å². The monoisotopic (exact) mass is 281 g/mol. The summed E-state index contributed by atoms with van der Waals surface area (Å²) in [6.07, 6.45) is 3.91. The molecular weight excluding hydrogens is 258 g/mol. The number of likely N-dealkylation sites (tertiary alicyclic amines) is 1. The standard InChI is InChI=1S/C15H24ClN3/c1-3-17-15-7-6-13(16)14(18-15)11-19-9-4-5-12(2)8-10-19/h6-7,12H,3-5,8-11H2,1-2H3,(H,17,18). The quantitative estimate of drug-likeness (QED) is 0.910. The zero-order valence-electron chi connectivity index (χ0n) is 12.0. The first kappa shape index (κ1) is 14.6. The number of hydrogen-bond donors (Lipinski definition) is 1. The van der Waals surface area contributed by atoms with Gasteiger partial charge >= 0.3 is 0 Å². The molecule has 0 bridgehead atoms. The van der Waals surface area contributed by atoms with Gasteiger partial charge in [0.1, 0.15) is 5.82 Å². The first-order valence-corrected chi connectivity index (χ1v) is 7.68. The highest BCUT2D eigenvalue weighted by Crippen LogP contribution is 2.22. The van der Waals surface area contributed by atoms with E-state index in [1.165, 1.54) is 19.3 Å². The molecule has 19 heavy (non-hydrogen) atoms. The lowest BCUT2D eigenvalue weighted by atomic mass is 10.0. The van der Waals surface area contributed by atoms with Crippen LogP contribution in [0.15, 0.2) is 12.1 Å². The maximum atomic E-state index is 6.27. The second-order valence-electron chi connectivity index (χ2n) is 5.47. The molecule has 1 saturated heterocycles. The summed E-state index contributed by atoms with van der Waals surface area (Å²) in [4.78, 5) is 7.10. The van der Waals surface area contributed by atoms with Crippen molar-refractivity contribution < 1.29 is 0 Å². The zero-order valence-corrected chi connectivity index (χ0v) is 12.7. The minimum Gasteiger partial charge on any atom is -0.370 e. The number of pyridine rings is 1. The van der Waals surface area contributed by atoms with E-state index in [2.05, 4.69) is 29.0 Å². The molecule has 0 aliphatic carbocycles. The van der Waals surface area contributed by atoms with Crippen LogP contribution in [-0.4, -0.2) is 29.5 Å². The van der Waals surface area contributed by atoms with E-state index in [0.717, 1.165) is 48.6 Å². The van der Waals surface area contributed by atoms with Gasteiger partial charge in [-0.25, -0.2) is 4.98 Å². The van der Waals surface area contributed by atoms with Crippen molar-refractivity contribution >= 4 is 17.4 Å². The van der Waals surface area contributed by atoms with Crippen molar-refractivity contribution in [3.05, 3.63) is 22.8 Å². The highest BCUT2D eigenvalue weighted by molar-refractivity contribution is 6.31. The second-order valence-corrected chi connectivity index (χ2v) is 5.87. The lowest BCUT2D eigenvalue weighted by Crippen LogP contribution is -2.25. The molecule has 1 aliphatic heterocycles. The summed E-state index contributed by atoms with van der Waals surface area (Å²) in [7, 11) is 0. The normalized spacial score (nSPS) is 21.1. The number of halogens is 1. The molecule has 2 heterocycles. The first-order valence-electron chi connectivity index (χ1n) is 7.30. The van der Waals surface area contributed by atoms with Crippen LogP contribution in [0.25, 0.3) is 0 Å². The smallest absolute Gasteiger partial charge is 0.126 e. The predicted octanol–water partition coefficient (Wildman–Crippen LogP) is 3.79. The Kier molecular flexibility index (Phi) is 5.46. The molecule has 1 aliphatic rings. The lowest BCUT2D eigenvalue weighted by Gasteiger charge is -2.20. The van der Waals surface area contributed by atoms with Crippen LogP contribution in [0.3, 0.4) is 0 Å². The summed E-state index contributed by atoms with van der Waals surface area (Å²) in [5.41, 5.74) is 0.995. The van der Waals surface area contributed by atoms with Gasteiger partial charge in [0, 0.05) is 13.1 Å². The van der Waals surface area contributed by atoms with Gasteiger partial charge < -0.3 is 5.32 Å². The Morgan fingerprint density at radius 1 is 1.37 bits per heavy atom. The van der Waals surface area contributed by atoms with Crippen molar-refractivity contribution in [3.63, 3.8) is 0 Å². The molecule has 1 aromatic heterocycles. The van der Waals surface area contributed by atoms with Gasteiger partial charge in [-0.2, -0.15) is 0 Å². The fourth-order valence-corrected chi connectivity index (χ4v) is 2.73. The molecule has 0 radical (unpaired) electrons. The maximum Gasteiger partial charge on any atom is 0.126 e. The van der Waals surface area contributed by atoms with E-state index >= 15 is 0 Å². The van der Waals surface area contributed by atoms with Crippen LogP contribution in [0.5, 0.6) is 0 Å². The van der Waals surface area contributed by atoms with E-state index in [1.54, 1.807) is 0 Å². The van der Waals surface area contributed by atoms with Gasteiger partial charge in [0.05, 0.1) is 10.7 Å². The first-order chi connectivity index (χ1) is 9.19. The number of nitrogens with zero attached hydrogens (tertiary/aromatic N) is 2. The highest BCUT2D eigenvalue weighted by Gasteiger charge is 2.15. The topological polar surface area (TPSA) is 28.2 Å². The minimum atomic E-state index is 0.777. The van der Waals surface area contributed by atoms with Crippen LogP contribution < -0.4 is 5.32 Å². The van der Waals surface area contributed by atoms with E-state index in [1.807, 2.05) is 12.1 Å². The summed E-state index contributed by atoms with van der Waals surface area (Å²) in [5.74, 6) is 1.77. The molecule has 4 heteroatoms. The molecule has 0 saturated carbocycles. The third-order valence-corrected chi connectivity index (χ3v) is 4.10. The Hall–Kier alpha value is -0.800. The zero-order chi connectivity index (χ0) is 13.7. The Labute approximate surface area is 121 Å². The van der Waals surface area contributed by atoms with Gasteiger partial charge in [0.15, 0.2) is 0 Å². The summed E-state index contributed by atoms with van der Waals surface area (Å²) in [5, 5.41) is 4.02. The van der Waals surface area contributed by atoms with Gasteiger partial charge in [-0.1, -0.05) is 18.5 Å². The summed E-state index contributed by atoms with van der Waals surface area (Å²) < 4.78 is 0. The van der Waals surface area contributed by atoms with Crippen LogP contribution in [0, 0.1) is 5.92 Å². The molecule has 1 unspecified atom stereocenters. The predicted molar refractivity (Wildman–Crippen MR) is 81.7 cm³/mol. The molecule has 2 rings (SSSR count). The van der Waals surface area contributed by atoms with Gasteiger partial charge in [-0.05, 0) is 57.3 Å². The number of rotatable bonds is 4. The number of anilines is 1. The van der Waals surface area contributed by atoms with Crippen molar-refractivity contribution in [3.8, 4) is 0 Å². The molecule has 3 nitrogen and oxygen atoms in total. The molecular formula is C15H24ClN3. The Bertz CT molecular complexity index is 408. The number of nitrogens with one attached hydrogen (secondary N) is 1. The Balaban J connectivity index is 2.02. The van der Waals surface area contributed by atoms with Crippen LogP contribution in [0.1, 0.15) is 38.8 Å². The largest absolute Gasteiger partial charge is 0.370 e. The van der Waals surface area contributed by atoms with Gasteiger partial charge in [0.25, 0.3) is 0 Å². The van der Waals surface area contributed by atoms with E-state index in [9.17, 15) is 0 Å². The third-order valence-electron chi connectivity index (χ3n) is 3.76. The molecule has 0 spiro atoms. The molecule has 1 fully saturated rings. The fraction of sp³-hybridized carbons (Fsp3) is 0.667. The van der Waals surface area contributed by atoms with Crippen LogP contribution >= 0.6 is 11.6 Å². The second kappa shape index (κ2) is 7.11. The molecule has 0 amide bonds. The van der Waals surface area contributed by atoms with E-state index in [0.29, 0.717) is 0 Å². The van der Waals surface area contributed by atoms with Crippen molar-refractivity contribution in [2.75, 3.05) is 25.0 Å².